The van der Waals surface area contributed by atoms with E-state index >= 15 is 0 Å². The summed E-state index contributed by atoms with van der Waals surface area (Å²) >= 11 is 6.11. The highest BCUT2D eigenvalue weighted by Gasteiger charge is 2.23. The first-order valence-electron chi connectivity index (χ1n) is 7.66. The van der Waals surface area contributed by atoms with Crippen LogP contribution in [0.1, 0.15) is 41.5 Å². The van der Waals surface area contributed by atoms with Crippen LogP contribution in [0, 0.1) is 13.8 Å². The molecule has 1 amide bonds. The molecule has 0 bridgehead atoms. The molecule has 6 nitrogen and oxygen atoms in total. The van der Waals surface area contributed by atoms with Gasteiger partial charge in [-0.15, -0.1) is 0 Å². The Labute approximate surface area is 138 Å². The van der Waals surface area contributed by atoms with E-state index in [1.54, 1.807) is 10.7 Å². The zero-order valence-corrected chi connectivity index (χ0v) is 13.9. The number of carbonyl (C=O) groups is 1. The second-order valence-corrected chi connectivity index (χ2v) is 6.29. The molecule has 23 heavy (non-hydrogen) atoms. The van der Waals surface area contributed by atoms with Gasteiger partial charge in [0.15, 0.2) is 0 Å². The molecule has 2 aromatic rings. The van der Waals surface area contributed by atoms with Crippen molar-refractivity contribution in [2.75, 3.05) is 0 Å². The van der Waals surface area contributed by atoms with Crippen LogP contribution >= 0.6 is 11.6 Å². The van der Waals surface area contributed by atoms with E-state index < -0.39 is 0 Å². The van der Waals surface area contributed by atoms with Gasteiger partial charge in [0.2, 0.25) is 11.5 Å². The van der Waals surface area contributed by atoms with Crippen molar-refractivity contribution in [1.82, 2.24) is 20.1 Å². The van der Waals surface area contributed by atoms with Crippen LogP contribution in [0.2, 0.25) is 5.02 Å². The monoisotopic (exact) mass is 334 g/mol. The summed E-state index contributed by atoms with van der Waals surface area (Å²) < 4.78 is 1.61. The van der Waals surface area contributed by atoms with Crippen molar-refractivity contribution >= 4 is 17.5 Å². The van der Waals surface area contributed by atoms with Crippen LogP contribution in [0.25, 0.3) is 0 Å². The summed E-state index contributed by atoms with van der Waals surface area (Å²) in [4.78, 5) is 26.6. The molecule has 0 spiro atoms. The first-order chi connectivity index (χ1) is 11.0. The lowest BCUT2D eigenvalue weighted by atomic mass is 9.91. The number of fused-ring (bicyclic) bond motifs is 1. The third-order valence-corrected chi connectivity index (χ3v) is 4.80. The molecule has 0 aromatic carbocycles. The highest BCUT2D eigenvalue weighted by molar-refractivity contribution is 6.31. The number of pyridine rings is 1. The average molecular weight is 335 g/mol. The standard InChI is InChI=1S/C16H19ClN4O2/c1-9-16(17)10(2)21(20-9)8-15(23)19-13-5-3-4-12-11(13)6-7-14(22)18-12/h6-7,13H,3-5,8H2,1-2H3,(H,18,22)(H,19,23)/t13-/m1/s1. The SMILES string of the molecule is Cc1nn(CC(=O)N[C@@H]2CCCc3[nH]c(=O)ccc32)c(C)c1Cl. The number of nitrogens with one attached hydrogen (secondary N) is 2. The fourth-order valence-corrected chi connectivity index (χ4v) is 3.19. The van der Waals surface area contributed by atoms with E-state index in [0.29, 0.717) is 5.02 Å². The minimum absolute atomic E-state index is 0.0736. The second-order valence-electron chi connectivity index (χ2n) is 5.91. The lowest BCUT2D eigenvalue weighted by Crippen LogP contribution is -2.34. The number of rotatable bonds is 3. The summed E-state index contributed by atoms with van der Waals surface area (Å²) in [5.74, 6) is -0.115. The Morgan fingerprint density at radius 2 is 2.26 bits per heavy atom. The van der Waals surface area contributed by atoms with Gasteiger partial charge in [-0.05, 0) is 44.7 Å². The maximum Gasteiger partial charge on any atom is 0.248 e. The molecule has 7 heteroatoms. The van der Waals surface area contributed by atoms with E-state index in [1.165, 1.54) is 6.07 Å². The lowest BCUT2D eigenvalue weighted by molar-refractivity contribution is -0.122. The van der Waals surface area contributed by atoms with Crippen LogP contribution in [0.15, 0.2) is 16.9 Å². The summed E-state index contributed by atoms with van der Waals surface area (Å²) in [6.45, 7) is 3.79. The Kier molecular flexibility index (Phi) is 4.26. The van der Waals surface area contributed by atoms with Gasteiger partial charge >= 0.3 is 0 Å². The molecule has 0 saturated heterocycles. The molecule has 0 fully saturated rings. The number of aromatic amines is 1. The normalized spacial score (nSPS) is 16.9. The van der Waals surface area contributed by atoms with Gasteiger partial charge < -0.3 is 10.3 Å². The summed E-state index contributed by atoms with van der Waals surface area (Å²) in [6, 6.07) is 3.23. The molecule has 0 aliphatic heterocycles. The van der Waals surface area contributed by atoms with Crippen LogP contribution in [0.4, 0.5) is 0 Å². The highest BCUT2D eigenvalue weighted by atomic mass is 35.5. The fraction of sp³-hybridized carbons (Fsp3) is 0.438. The number of carbonyl (C=O) groups excluding carboxylic acids is 1. The fourth-order valence-electron chi connectivity index (χ4n) is 3.06. The third kappa shape index (κ3) is 3.17. The van der Waals surface area contributed by atoms with Crippen molar-refractivity contribution in [2.45, 2.75) is 45.7 Å². The Bertz CT molecular complexity index is 809. The van der Waals surface area contributed by atoms with E-state index in [2.05, 4.69) is 15.4 Å². The van der Waals surface area contributed by atoms with E-state index in [9.17, 15) is 9.59 Å². The van der Waals surface area contributed by atoms with Crippen molar-refractivity contribution in [2.24, 2.45) is 0 Å². The van der Waals surface area contributed by atoms with Gasteiger partial charge in [-0.3, -0.25) is 14.3 Å². The second kappa shape index (κ2) is 6.20. The number of nitrogens with zero attached hydrogens (tertiary/aromatic N) is 2. The number of aryl methyl sites for hydroxylation is 2. The van der Waals surface area contributed by atoms with Crippen molar-refractivity contribution in [3.63, 3.8) is 0 Å². The summed E-state index contributed by atoms with van der Waals surface area (Å²) in [5, 5.41) is 7.90. The molecular weight excluding hydrogens is 316 g/mol. The van der Waals surface area contributed by atoms with Gasteiger partial charge in [-0.25, -0.2) is 0 Å². The first kappa shape index (κ1) is 15.8. The Hall–Kier alpha value is -2.08. The molecule has 1 atom stereocenters. The Morgan fingerprint density at radius 1 is 1.48 bits per heavy atom. The molecule has 2 aromatic heterocycles. The van der Waals surface area contributed by atoms with Crippen LogP contribution in [0.3, 0.4) is 0 Å². The average Bonchev–Trinajstić information content (AvgIpc) is 2.74. The molecule has 2 N–H and O–H groups in total. The summed E-state index contributed by atoms with van der Waals surface area (Å²) in [7, 11) is 0. The summed E-state index contributed by atoms with van der Waals surface area (Å²) in [5.41, 5.74) is 3.32. The number of H-pyrrole nitrogens is 1. The minimum Gasteiger partial charge on any atom is -0.348 e. The molecule has 0 saturated carbocycles. The highest BCUT2D eigenvalue weighted by Crippen LogP contribution is 2.27. The van der Waals surface area contributed by atoms with Gasteiger partial charge in [0, 0.05) is 11.8 Å². The molecule has 1 aliphatic rings. The Morgan fingerprint density at radius 3 is 2.96 bits per heavy atom. The zero-order chi connectivity index (χ0) is 16.6. The smallest absolute Gasteiger partial charge is 0.248 e. The quantitative estimate of drug-likeness (QED) is 0.901. The first-order valence-corrected chi connectivity index (χ1v) is 8.04. The van der Waals surface area contributed by atoms with E-state index in [0.717, 1.165) is 41.9 Å². The van der Waals surface area contributed by atoms with E-state index in [4.69, 9.17) is 11.6 Å². The molecule has 0 radical (unpaired) electrons. The zero-order valence-electron chi connectivity index (χ0n) is 13.1. The molecule has 2 heterocycles. The van der Waals surface area contributed by atoms with E-state index in [1.807, 2.05) is 13.8 Å². The predicted molar refractivity (Wildman–Crippen MR) is 87.6 cm³/mol. The van der Waals surface area contributed by atoms with E-state index in [-0.39, 0.29) is 24.1 Å². The predicted octanol–water partition coefficient (Wildman–Crippen LogP) is 2.04. The van der Waals surface area contributed by atoms with Crippen molar-refractivity contribution in [1.29, 1.82) is 0 Å². The topological polar surface area (TPSA) is 79.8 Å². The number of hydrogen-bond acceptors (Lipinski definition) is 3. The molecule has 0 unspecified atom stereocenters. The van der Waals surface area contributed by atoms with Crippen LogP contribution in [0.5, 0.6) is 0 Å². The number of halogens is 1. The molecule has 122 valence electrons. The van der Waals surface area contributed by atoms with Gasteiger partial charge in [0.1, 0.15) is 6.54 Å². The molecular formula is C16H19ClN4O2. The minimum atomic E-state index is -0.115. The van der Waals surface area contributed by atoms with Crippen molar-refractivity contribution in [3.05, 3.63) is 50.2 Å². The van der Waals surface area contributed by atoms with Crippen LogP contribution < -0.4 is 10.9 Å². The lowest BCUT2D eigenvalue weighted by Gasteiger charge is -2.26. The van der Waals surface area contributed by atoms with Crippen molar-refractivity contribution in [3.8, 4) is 0 Å². The van der Waals surface area contributed by atoms with Gasteiger partial charge in [0.25, 0.3) is 0 Å². The summed E-state index contributed by atoms with van der Waals surface area (Å²) in [6.07, 6.45) is 2.64. The maximum atomic E-state index is 12.3. The van der Waals surface area contributed by atoms with Crippen LogP contribution in [-0.2, 0) is 17.8 Å². The van der Waals surface area contributed by atoms with Gasteiger partial charge in [0.05, 0.1) is 22.5 Å². The Balaban J connectivity index is 1.74. The molecule has 1 aliphatic carbocycles. The number of aromatic nitrogens is 3. The van der Waals surface area contributed by atoms with Gasteiger partial charge in [-0.1, -0.05) is 11.6 Å². The van der Waals surface area contributed by atoms with Crippen LogP contribution in [-0.4, -0.2) is 20.7 Å². The maximum absolute atomic E-state index is 12.3. The third-order valence-electron chi connectivity index (χ3n) is 4.25. The van der Waals surface area contributed by atoms with Gasteiger partial charge in [-0.2, -0.15) is 5.10 Å². The number of hydrogen-bond donors (Lipinski definition) is 2. The van der Waals surface area contributed by atoms with Crippen molar-refractivity contribution < 1.29 is 4.79 Å². The number of amides is 1. The largest absolute Gasteiger partial charge is 0.348 e. The molecule has 3 rings (SSSR count).